The molecule has 11 nitrogen and oxygen atoms in total. The number of aromatic nitrogens is 5. The van der Waals surface area contributed by atoms with Crippen LogP contribution in [0.3, 0.4) is 0 Å². The number of carbonyl (C=O) groups excluding carboxylic acids is 1. The average Bonchev–Trinajstić information content (AvgIpc) is 3.48. The number of carbonyl (C=O) groups is 1. The molecule has 180 valence electrons. The topological polar surface area (TPSA) is 158 Å². The molecule has 0 aliphatic carbocycles. The zero-order chi connectivity index (χ0) is 24.8. The molecule has 2 aromatic heterocycles. The summed E-state index contributed by atoms with van der Waals surface area (Å²) in [6, 6.07) is 17.6. The summed E-state index contributed by atoms with van der Waals surface area (Å²) in [4.78, 5) is 17.3. The van der Waals surface area contributed by atoms with Gasteiger partial charge in [0.25, 0.3) is 0 Å². The fourth-order valence-electron chi connectivity index (χ4n) is 3.45. The van der Waals surface area contributed by atoms with E-state index in [9.17, 15) is 10.1 Å². The van der Waals surface area contributed by atoms with E-state index in [-0.39, 0.29) is 19.4 Å². The molecule has 2 atom stereocenters. The predicted molar refractivity (Wildman–Crippen MR) is 126 cm³/mol. The Kier molecular flexibility index (Phi) is 7.03. The highest BCUT2D eigenvalue weighted by Crippen LogP contribution is 2.24. The van der Waals surface area contributed by atoms with E-state index in [2.05, 4.69) is 31.9 Å². The highest BCUT2D eigenvalue weighted by molar-refractivity contribution is 5.85. The smallest absolute Gasteiger partial charge is 0.240 e. The van der Waals surface area contributed by atoms with Crippen LogP contribution in [0.15, 0.2) is 59.0 Å². The molecule has 11 heteroatoms. The summed E-state index contributed by atoms with van der Waals surface area (Å²) in [5, 5.41) is 24.4. The number of nitrogens with two attached hydrogens (primary N) is 1. The summed E-state index contributed by atoms with van der Waals surface area (Å²) in [7, 11) is 0. The normalized spacial score (nSPS) is 13.2. The third kappa shape index (κ3) is 5.80. The first-order valence-corrected chi connectivity index (χ1v) is 11.1. The number of nitrogens with one attached hydrogen (secondary N) is 1. The van der Waals surface area contributed by atoms with E-state index in [4.69, 9.17) is 14.9 Å². The average molecular weight is 475 g/mol. The van der Waals surface area contributed by atoms with Crippen LogP contribution in [0.5, 0.6) is 5.75 Å². The van der Waals surface area contributed by atoms with E-state index >= 15 is 0 Å². The number of oxazole rings is 1. The number of rotatable bonds is 10. The van der Waals surface area contributed by atoms with Gasteiger partial charge in [-0.05, 0) is 48.5 Å². The number of ether oxygens (including phenoxy) is 1. The highest BCUT2D eigenvalue weighted by Gasteiger charge is 2.31. The number of para-hydroxylation sites is 3. The van der Waals surface area contributed by atoms with Gasteiger partial charge in [0.1, 0.15) is 23.9 Å². The maximum Gasteiger partial charge on any atom is 0.240 e. The highest BCUT2D eigenvalue weighted by atomic mass is 16.5. The maximum absolute atomic E-state index is 12.8. The zero-order valence-corrected chi connectivity index (χ0v) is 19.5. The molecule has 0 saturated heterocycles. The first kappa shape index (κ1) is 23.8. The van der Waals surface area contributed by atoms with Crippen molar-refractivity contribution in [1.82, 2.24) is 30.5 Å². The van der Waals surface area contributed by atoms with Crippen LogP contribution >= 0.6 is 0 Å². The molecule has 0 radical (unpaired) electrons. The van der Waals surface area contributed by atoms with Crippen LogP contribution in [0.1, 0.15) is 44.1 Å². The second-order valence-electron chi connectivity index (χ2n) is 8.65. The second kappa shape index (κ2) is 10.3. The number of nitriles is 1. The predicted octanol–water partition coefficient (Wildman–Crippen LogP) is 2.49. The van der Waals surface area contributed by atoms with Crippen LogP contribution in [-0.2, 0) is 11.2 Å². The number of tetrazole rings is 1. The van der Waals surface area contributed by atoms with Crippen molar-refractivity contribution in [2.45, 2.75) is 44.3 Å². The molecule has 1 amide bonds. The van der Waals surface area contributed by atoms with Gasteiger partial charge in [-0.1, -0.05) is 30.3 Å². The fraction of sp³-hybridized carbons (Fsp3) is 0.333. The Balaban J connectivity index is 1.64. The van der Waals surface area contributed by atoms with Gasteiger partial charge < -0.3 is 20.2 Å². The molecule has 0 spiro atoms. The number of benzene rings is 2. The Labute approximate surface area is 201 Å². The first-order valence-electron chi connectivity index (χ1n) is 11.1. The van der Waals surface area contributed by atoms with Gasteiger partial charge in [0, 0.05) is 0 Å². The van der Waals surface area contributed by atoms with Gasteiger partial charge in [0.15, 0.2) is 17.3 Å². The number of nitrogens with zero attached hydrogens (tertiary/aromatic N) is 6. The molecule has 4 rings (SSSR count). The third-order valence-corrected chi connectivity index (χ3v) is 5.30. The summed E-state index contributed by atoms with van der Waals surface area (Å²) >= 11 is 0. The van der Waals surface area contributed by atoms with Gasteiger partial charge in [0.2, 0.25) is 5.91 Å². The lowest BCUT2D eigenvalue weighted by molar-refractivity contribution is -0.126. The minimum atomic E-state index is -1.14. The molecule has 0 aliphatic rings. The lowest BCUT2D eigenvalue weighted by Crippen LogP contribution is -2.50. The summed E-state index contributed by atoms with van der Waals surface area (Å²) in [5.74, 6) is 0.997. The van der Waals surface area contributed by atoms with Crippen molar-refractivity contribution >= 4 is 17.0 Å². The van der Waals surface area contributed by atoms with E-state index < -0.39 is 23.5 Å². The quantitative estimate of drug-likeness (QED) is 0.352. The lowest BCUT2D eigenvalue weighted by atomic mass is 10.0. The van der Waals surface area contributed by atoms with Crippen molar-refractivity contribution in [3.8, 4) is 11.8 Å². The van der Waals surface area contributed by atoms with Gasteiger partial charge in [-0.2, -0.15) is 5.26 Å². The molecular weight excluding hydrogens is 448 g/mol. The molecule has 0 aliphatic heterocycles. The van der Waals surface area contributed by atoms with Gasteiger partial charge in [-0.3, -0.25) is 4.79 Å². The van der Waals surface area contributed by atoms with Crippen molar-refractivity contribution < 1.29 is 13.9 Å². The van der Waals surface area contributed by atoms with Crippen LogP contribution in [-0.4, -0.2) is 43.2 Å². The standard InChI is InChI=1S/C24H26N8O3/c1-24(2,26)23(33)28-19(14-21-27-18-10-6-7-11-20(18)35-21)22-29-30-31-32(22)16(12-13-25)15-34-17-8-4-3-5-9-17/h3-11,16,19H,12,14-15,26H2,1-2H3,(H,28,33)/t16-,19+/m0/s1. The molecule has 3 N–H and O–H groups in total. The Morgan fingerprint density at radius 2 is 1.97 bits per heavy atom. The summed E-state index contributed by atoms with van der Waals surface area (Å²) in [6.45, 7) is 3.36. The molecule has 4 aromatic rings. The number of amides is 1. The Morgan fingerprint density at radius 1 is 1.23 bits per heavy atom. The number of hydrogen-bond acceptors (Lipinski definition) is 9. The fourth-order valence-corrected chi connectivity index (χ4v) is 3.45. The van der Waals surface area contributed by atoms with E-state index in [1.165, 1.54) is 4.68 Å². The van der Waals surface area contributed by atoms with Crippen LogP contribution < -0.4 is 15.8 Å². The molecule has 0 saturated carbocycles. The molecule has 2 aromatic carbocycles. The van der Waals surface area contributed by atoms with Gasteiger partial charge >= 0.3 is 0 Å². The molecule has 35 heavy (non-hydrogen) atoms. The first-order chi connectivity index (χ1) is 16.8. The Morgan fingerprint density at radius 3 is 2.69 bits per heavy atom. The van der Waals surface area contributed by atoms with Crippen molar-refractivity contribution in [2.24, 2.45) is 5.73 Å². The Bertz CT molecular complexity index is 1290. The van der Waals surface area contributed by atoms with E-state index in [0.717, 1.165) is 0 Å². The van der Waals surface area contributed by atoms with Crippen molar-refractivity contribution in [1.29, 1.82) is 5.26 Å². The van der Waals surface area contributed by atoms with Crippen molar-refractivity contribution in [2.75, 3.05) is 6.61 Å². The Hall–Kier alpha value is -4.30. The minimum Gasteiger partial charge on any atom is -0.491 e. The summed E-state index contributed by atoms with van der Waals surface area (Å²) < 4.78 is 13.2. The van der Waals surface area contributed by atoms with Gasteiger partial charge in [0.05, 0.1) is 30.5 Å². The van der Waals surface area contributed by atoms with Crippen LogP contribution in [0, 0.1) is 11.3 Å². The largest absolute Gasteiger partial charge is 0.491 e. The van der Waals surface area contributed by atoms with Crippen molar-refractivity contribution in [3.05, 3.63) is 66.3 Å². The van der Waals surface area contributed by atoms with E-state index in [1.807, 2.05) is 54.6 Å². The van der Waals surface area contributed by atoms with Crippen LogP contribution in [0.25, 0.3) is 11.1 Å². The second-order valence-corrected chi connectivity index (χ2v) is 8.65. The SMILES string of the molecule is CC(C)(N)C(=O)N[C@H](Cc1nc2ccccc2o1)c1nnnn1[C@@H](CC#N)COc1ccccc1. The van der Waals surface area contributed by atoms with E-state index in [1.54, 1.807) is 13.8 Å². The molecule has 0 bridgehead atoms. The van der Waals surface area contributed by atoms with E-state index in [0.29, 0.717) is 28.6 Å². The van der Waals surface area contributed by atoms with Crippen LogP contribution in [0.4, 0.5) is 0 Å². The number of fused-ring (bicyclic) bond motifs is 1. The maximum atomic E-state index is 12.8. The number of hydrogen-bond donors (Lipinski definition) is 2. The lowest BCUT2D eigenvalue weighted by Gasteiger charge is -2.24. The molecular formula is C24H26N8O3. The van der Waals surface area contributed by atoms with Crippen molar-refractivity contribution in [3.63, 3.8) is 0 Å². The zero-order valence-electron chi connectivity index (χ0n) is 19.5. The van der Waals surface area contributed by atoms with Gasteiger partial charge in [-0.15, -0.1) is 5.10 Å². The minimum absolute atomic E-state index is 0.0941. The molecule has 2 heterocycles. The van der Waals surface area contributed by atoms with Crippen LogP contribution in [0.2, 0.25) is 0 Å². The molecule has 0 fully saturated rings. The molecule has 0 unspecified atom stereocenters. The third-order valence-electron chi connectivity index (χ3n) is 5.30. The summed E-state index contributed by atoms with van der Waals surface area (Å²) in [5.41, 5.74) is 6.21. The monoisotopic (exact) mass is 474 g/mol. The van der Waals surface area contributed by atoms with Gasteiger partial charge in [-0.25, -0.2) is 9.67 Å². The summed E-state index contributed by atoms with van der Waals surface area (Å²) in [6.07, 6.45) is 0.270.